The molecule has 5 heteroatoms. The first-order valence-electron chi connectivity index (χ1n) is 8.09. The summed E-state index contributed by atoms with van der Waals surface area (Å²) in [6.45, 7) is 5.05. The highest BCUT2D eigenvalue weighted by Crippen LogP contribution is 2.36. The third kappa shape index (κ3) is 3.67. The summed E-state index contributed by atoms with van der Waals surface area (Å²) in [5, 5.41) is 0. The number of hydrogen-bond acceptors (Lipinski definition) is 4. The van der Waals surface area contributed by atoms with Crippen molar-refractivity contribution in [3.63, 3.8) is 0 Å². The summed E-state index contributed by atoms with van der Waals surface area (Å²) >= 11 is 0. The smallest absolute Gasteiger partial charge is 0.411 e. The van der Waals surface area contributed by atoms with Crippen LogP contribution in [0.2, 0.25) is 0 Å². The molecule has 0 radical (unpaired) electrons. The lowest BCUT2D eigenvalue weighted by Crippen LogP contribution is -2.49. The molecule has 1 spiro atoms. The Kier molecular flexibility index (Phi) is 4.57. The quantitative estimate of drug-likeness (QED) is 0.801. The molecule has 0 aliphatic carbocycles. The van der Waals surface area contributed by atoms with Gasteiger partial charge in [-0.15, -0.1) is 0 Å². The first-order chi connectivity index (χ1) is 11.1. The lowest BCUT2D eigenvalue weighted by molar-refractivity contribution is -0.0580. The fraction of sp³-hybridized carbons (Fsp3) is 0.500. The highest BCUT2D eigenvalue weighted by atomic mass is 16.7. The summed E-state index contributed by atoms with van der Waals surface area (Å²) in [5.41, 5.74) is 0.797. The molecule has 5 nitrogen and oxygen atoms in total. The van der Waals surface area contributed by atoms with E-state index >= 15 is 0 Å². The topological polar surface area (TPSA) is 48.0 Å². The number of carbonyl (C=O) groups is 1. The highest BCUT2D eigenvalue weighted by molar-refractivity contribution is 5.68. The van der Waals surface area contributed by atoms with Gasteiger partial charge < -0.3 is 19.1 Å². The van der Waals surface area contributed by atoms with E-state index in [1.54, 1.807) is 4.90 Å². The number of nitrogens with zero attached hydrogens (tertiary/aromatic N) is 1. The zero-order valence-electron chi connectivity index (χ0n) is 13.7. The summed E-state index contributed by atoms with van der Waals surface area (Å²) < 4.78 is 16.6. The molecule has 1 fully saturated rings. The molecule has 3 rings (SSSR count). The van der Waals surface area contributed by atoms with Gasteiger partial charge in [-0.1, -0.05) is 24.3 Å². The zero-order chi connectivity index (χ0) is 16.3. The number of para-hydroxylation sites is 1. The standard InChI is InChI=1S/C18H23NO4/c1-14(2)21-13-22-17(20)19-11-9-18(10-12-19)8-7-15-5-3-4-6-16(15)23-18/h3-8,14H,9-13H2,1-2H3. The average molecular weight is 317 g/mol. The zero-order valence-corrected chi connectivity index (χ0v) is 13.7. The fourth-order valence-corrected chi connectivity index (χ4v) is 2.85. The van der Waals surface area contributed by atoms with Crippen LogP contribution in [0.3, 0.4) is 0 Å². The predicted octanol–water partition coefficient (Wildman–Crippen LogP) is 3.45. The van der Waals surface area contributed by atoms with Crippen molar-refractivity contribution in [2.45, 2.75) is 38.4 Å². The van der Waals surface area contributed by atoms with Crippen LogP contribution in [-0.4, -0.2) is 42.6 Å². The third-order valence-electron chi connectivity index (χ3n) is 4.25. The second kappa shape index (κ2) is 6.62. The molecule has 124 valence electrons. The lowest BCUT2D eigenvalue weighted by atomic mass is 9.88. The Morgan fingerprint density at radius 3 is 2.78 bits per heavy atom. The SMILES string of the molecule is CC(C)OCOC(=O)N1CCC2(C=Cc3ccccc3O2)CC1. The van der Waals surface area contributed by atoms with Crippen molar-refractivity contribution >= 4 is 12.2 Å². The van der Waals surface area contributed by atoms with Crippen LogP contribution < -0.4 is 4.74 Å². The van der Waals surface area contributed by atoms with Crippen LogP contribution in [0.1, 0.15) is 32.3 Å². The van der Waals surface area contributed by atoms with Crippen LogP contribution >= 0.6 is 0 Å². The molecule has 0 atom stereocenters. The highest BCUT2D eigenvalue weighted by Gasteiger charge is 2.38. The molecule has 2 heterocycles. The summed E-state index contributed by atoms with van der Waals surface area (Å²) in [6.07, 6.45) is 5.49. The van der Waals surface area contributed by atoms with E-state index in [4.69, 9.17) is 14.2 Å². The molecule has 1 saturated heterocycles. The molecule has 23 heavy (non-hydrogen) atoms. The molecule has 1 aromatic carbocycles. The molecule has 0 saturated carbocycles. The normalized spacial score (nSPS) is 18.7. The van der Waals surface area contributed by atoms with Crippen molar-refractivity contribution in [3.8, 4) is 5.75 Å². The number of benzene rings is 1. The number of ether oxygens (including phenoxy) is 3. The number of carbonyl (C=O) groups excluding carboxylic acids is 1. The van der Waals surface area contributed by atoms with E-state index in [-0.39, 0.29) is 24.6 Å². The minimum absolute atomic E-state index is 0.00191. The summed E-state index contributed by atoms with van der Waals surface area (Å²) in [6, 6.07) is 8.01. The van der Waals surface area contributed by atoms with Gasteiger partial charge in [-0.2, -0.15) is 0 Å². The van der Waals surface area contributed by atoms with Crippen LogP contribution in [0.15, 0.2) is 30.3 Å². The largest absolute Gasteiger partial charge is 0.482 e. The van der Waals surface area contributed by atoms with Crippen molar-refractivity contribution in [1.29, 1.82) is 0 Å². The van der Waals surface area contributed by atoms with Crippen LogP contribution in [0, 0.1) is 0 Å². The molecule has 0 bridgehead atoms. The van der Waals surface area contributed by atoms with Crippen LogP contribution in [-0.2, 0) is 9.47 Å². The number of likely N-dealkylation sites (tertiary alicyclic amines) is 1. The summed E-state index contributed by atoms with van der Waals surface area (Å²) in [7, 11) is 0. The Labute approximate surface area is 136 Å². The first kappa shape index (κ1) is 15.9. The van der Waals surface area contributed by atoms with E-state index in [0.717, 1.165) is 24.2 Å². The molecule has 0 N–H and O–H groups in total. The van der Waals surface area contributed by atoms with Gasteiger partial charge in [0.25, 0.3) is 0 Å². The summed E-state index contributed by atoms with van der Waals surface area (Å²) in [4.78, 5) is 13.7. The fourth-order valence-electron chi connectivity index (χ4n) is 2.85. The number of rotatable bonds is 3. The van der Waals surface area contributed by atoms with Crippen molar-refractivity contribution in [2.75, 3.05) is 19.9 Å². The van der Waals surface area contributed by atoms with Gasteiger partial charge in [0, 0.05) is 31.5 Å². The van der Waals surface area contributed by atoms with Crippen LogP contribution in [0.4, 0.5) is 4.79 Å². The van der Waals surface area contributed by atoms with E-state index in [9.17, 15) is 4.79 Å². The van der Waals surface area contributed by atoms with Gasteiger partial charge in [-0.3, -0.25) is 0 Å². The van der Waals surface area contributed by atoms with Crippen LogP contribution in [0.25, 0.3) is 6.08 Å². The van der Waals surface area contributed by atoms with Gasteiger partial charge in [-0.05, 0) is 26.0 Å². The molecule has 1 aromatic rings. The Hall–Kier alpha value is -2.01. The van der Waals surface area contributed by atoms with E-state index < -0.39 is 0 Å². The maximum absolute atomic E-state index is 12.0. The maximum atomic E-state index is 12.0. The van der Waals surface area contributed by atoms with Crippen LogP contribution in [0.5, 0.6) is 5.75 Å². The Bertz CT molecular complexity index is 588. The average Bonchev–Trinajstić information content (AvgIpc) is 2.55. The number of piperidine rings is 1. The minimum Gasteiger partial charge on any atom is -0.482 e. The third-order valence-corrected chi connectivity index (χ3v) is 4.25. The van der Waals surface area contributed by atoms with Crippen molar-refractivity contribution in [2.24, 2.45) is 0 Å². The lowest BCUT2D eigenvalue weighted by Gasteiger charge is -2.41. The number of hydrogen-bond donors (Lipinski definition) is 0. The monoisotopic (exact) mass is 317 g/mol. The van der Waals surface area contributed by atoms with E-state index in [1.807, 2.05) is 38.1 Å². The predicted molar refractivity (Wildman–Crippen MR) is 87.2 cm³/mol. The van der Waals surface area contributed by atoms with Gasteiger partial charge in [0.2, 0.25) is 0 Å². The second-order valence-electron chi connectivity index (χ2n) is 6.27. The summed E-state index contributed by atoms with van der Waals surface area (Å²) in [5.74, 6) is 0.913. The maximum Gasteiger partial charge on any atom is 0.411 e. The molecule has 0 unspecified atom stereocenters. The number of fused-ring (bicyclic) bond motifs is 1. The van der Waals surface area contributed by atoms with Crippen molar-refractivity contribution in [1.82, 2.24) is 4.90 Å². The molecular formula is C18H23NO4. The van der Waals surface area contributed by atoms with E-state index in [0.29, 0.717) is 13.1 Å². The molecule has 0 aromatic heterocycles. The van der Waals surface area contributed by atoms with Gasteiger partial charge in [-0.25, -0.2) is 4.79 Å². The van der Waals surface area contributed by atoms with E-state index in [1.165, 1.54) is 0 Å². The Morgan fingerprint density at radius 2 is 2.04 bits per heavy atom. The molecule has 1 amide bonds. The molecule has 2 aliphatic heterocycles. The molecular weight excluding hydrogens is 294 g/mol. The van der Waals surface area contributed by atoms with Crippen molar-refractivity contribution < 1.29 is 19.0 Å². The van der Waals surface area contributed by atoms with Gasteiger partial charge in [0.15, 0.2) is 6.79 Å². The molecule has 2 aliphatic rings. The van der Waals surface area contributed by atoms with Gasteiger partial charge in [0.05, 0.1) is 6.10 Å². The minimum atomic E-state index is -0.319. The second-order valence-corrected chi connectivity index (χ2v) is 6.27. The Morgan fingerprint density at radius 1 is 1.30 bits per heavy atom. The van der Waals surface area contributed by atoms with Crippen molar-refractivity contribution in [3.05, 3.63) is 35.9 Å². The number of amides is 1. The Balaban J connectivity index is 1.54. The van der Waals surface area contributed by atoms with E-state index in [2.05, 4.69) is 12.2 Å². The van der Waals surface area contributed by atoms with Gasteiger partial charge in [0.1, 0.15) is 11.4 Å². The van der Waals surface area contributed by atoms with Gasteiger partial charge >= 0.3 is 6.09 Å². The first-order valence-corrected chi connectivity index (χ1v) is 8.09.